The maximum Gasteiger partial charge on any atom is 0.0346 e. The maximum atomic E-state index is 6.22. The van der Waals surface area contributed by atoms with Gasteiger partial charge in [0.1, 0.15) is 0 Å². The highest BCUT2D eigenvalue weighted by Gasteiger charge is 2.41. The third kappa shape index (κ3) is 3.71. The van der Waals surface area contributed by atoms with E-state index in [4.69, 9.17) is 5.73 Å². The molecule has 0 aromatic carbocycles. The van der Waals surface area contributed by atoms with Crippen molar-refractivity contribution in [2.45, 2.75) is 77.4 Å². The minimum Gasteiger partial charge on any atom is -0.329 e. The first-order chi connectivity index (χ1) is 8.79. The predicted octanol–water partition coefficient (Wildman–Crippen LogP) is 2.70. The Labute approximate surface area is 120 Å². The number of nitrogens with zero attached hydrogens (tertiary/aromatic N) is 2. The minimum atomic E-state index is 0.184. The summed E-state index contributed by atoms with van der Waals surface area (Å²) < 4.78 is 0. The van der Waals surface area contributed by atoms with Gasteiger partial charge < -0.3 is 10.6 Å². The summed E-state index contributed by atoms with van der Waals surface area (Å²) in [5.74, 6) is 0. The van der Waals surface area contributed by atoms with E-state index in [2.05, 4.69) is 51.5 Å². The Hall–Kier alpha value is -0.120. The van der Waals surface area contributed by atoms with Crippen LogP contribution in [0.5, 0.6) is 0 Å². The Kier molecular flexibility index (Phi) is 5.84. The van der Waals surface area contributed by atoms with Crippen molar-refractivity contribution in [3.05, 3.63) is 0 Å². The SMILES string of the molecule is CCC(C)(C)N(C)C1(CN)CCCN(C(C)C)CC1. The molecule has 3 nitrogen and oxygen atoms in total. The van der Waals surface area contributed by atoms with Crippen LogP contribution in [0.2, 0.25) is 0 Å². The van der Waals surface area contributed by atoms with Gasteiger partial charge in [0.15, 0.2) is 0 Å². The topological polar surface area (TPSA) is 32.5 Å². The lowest BCUT2D eigenvalue weighted by atomic mass is 9.84. The first-order valence-corrected chi connectivity index (χ1v) is 7.97. The van der Waals surface area contributed by atoms with Crippen molar-refractivity contribution in [3.8, 4) is 0 Å². The molecule has 0 aromatic heterocycles. The fourth-order valence-electron chi connectivity index (χ4n) is 3.27. The van der Waals surface area contributed by atoms with Gasteiger partial charge in [-0.25, -0.2) is 0 Å². The van der Waals surface area contributed by atoms with Crippen LogP contribution in [-0.2, 0) is 0 Å². The molecular weight excluding hydrogens is 234 g/mol. The standard InChI is InChI=1S/C16H35N3/c1-7-15(4,5)18(6)16(13-17)9-8-11-19(12-10-16)14(2)3/h14H,7-13,17H2,1-6H3. The van der Waals surface area contributed by atoms with Gasteiger partial charge in [-0.15, -0.1) is 0 Å². The molecule has 1 atom stereocenters. The lowest BCUT2D eigenvalue weighted by Gasteiger charge is -2.49. The minimum absolute atomic E-state index is 0.184. The van der Waals surface area contributed by atoms with Crippen molar-refractivity contribution >= 4 is 0 Å². The molecule has 1 aliphatic heterocycles. The van der Waals surface area contributed by atoms with E-state index in [1.807, 2.05) is 0 Å². The molecule has 0 bridgehead atoms. The van der Waals surface area contributed by atoms with Crippen molar-refractivity contribution in [1.82, 2.24) is 9.80 Å². The summed E-state index contributed by atoms with van der Waals surface area (Å²) >= 11 is 0. The van der Waals surface area contributed by atoms with Gasteiger partial charge in [0.25, 0.3) is 0 Å². The van der Waals surface area contributed by atoms with Crippen LogP contribution in [-0.4, -0.2) is 53.6 Å². The van der Waals surface area contributed by atoms with Crippen LogP contribution >= 0.6 is 0 Å². The first kappa shape index (κ1) is 16.9. The lowest BCUT2D eigenvalue weighted by Crippen LogP contribution is -2.60. The number of hydrogen-bond donors (Lipinski definition) is 1. The fourth-order valence-corrected chi connectivity index (χ4v) is 3.27. The molecule has 1 heterocycles. The second-order valence-corrected chi connectivity index (χ2v) is 7.14. The van der Waals surface area contributed by atoms with Crippen LogP contribution in [0.15, 0.2) is 0 Å². The Morgan fingerprint density at radius 3 is 2.37 bits per heavy atom. The average molecular weight is 269 g/mol. The zero-order valence-corrected chi connectivity index (χ0v) is 14.0. The van der Waals surface area contributed by atoms with E-state index in [0.717, 1.165) is 6.54 Å². The third-order valence-corrected chi connectivity index (χ3v) is 5.55. The number of likely N-dealkylation sites (N-methyl/N-ethyl adjacent to an activating group) is 1. The van der Waals surface area contributed by atoms with Gasteiger partial charge in [0.2, 0.25) is 0 Å². The Bertz CT molecular complexity index is 275. The van der Waals surface area contributed by atoms with Gasteiger partial charge >= 0.3 is 0 Å². The summed E-state index contributed by atoms with van der Waals surface area (Å²) in [6.07, 6.45) is 4.85. The Morgan fingerprint density at radius 2 is 1.89 bits per heavy atom. The summed E-state index contributed by atoms with van der Waals surface area (Å²) in [7, 11) is 2.28. The Balaban J connectivity index is 2.86. The largest absolute Gasteiger partial charge is 0.329 e. The molecule has 3 heteroatoms. The molecule has 0 saturated carbocycles. The van der Waals surface area contributed by atoms with Gasteiger partial charge in [-0.1, -0.05) is 6.92 Å². The molecule has 0 aromatic rings. The average Bonchev–Trinajstić information content (AvgIpc) is 2.61. The van der Waals surface area contributed by atoms with Gasteiger partial charge in [0, 0.05) is 30.2 Å². The van der Waals surface area contributed by atoms with Gasteiger partial charge in [-0.05, 0) is 67.0 Å². The molecule has 0 spiro atoms. The van der Waals surface area contributed by atoms with Crippen molar-refractivity contribution in [2.24, 2.45) is 5.73 Å². The van der Waals surface area contributed by atoms with E-state index in [0.29, 0.717) is 6.04 Å². The smallest absolute Gasteiger partial charge is 0.0346 e. The number of hydrogen-bond acceptors (Lipinski definition) is 3. The number of nitrogens with two attached hydrogens (primary N) is 1. The van der Waals surface area contributed by atoms with E-state index < -0.39 is 0 Å². The maximum absolute atomic E-state index is 6.22. The quantitative estimate of drug-likeness (QED) is 0.833. The van der Waals surface area contributed by atoms with Crippen LogP contribution in [0.3, 0.4) is 0 Å². The molecule has 2 N–H and O–H groups in total. The molecule has 0 amide bonds. The monoisotopic (exact) mass is 269 g/mol. The van der Waals surface area contributed by atoms with Crippen LogP contribution < -0.4 is 5.73 Å². The molecule has 1 aliphatic rings. The highest BCUT2D eigenvalue weighted by molar-refractivity contribution is 4.98. The molecule has 1 saturated heterocycles. The molecule has 1 rings (SSSR count). The highest BCUT2D eigenvalue weighted by atomic mass is 15.3. The third-order valence-electron chi connectivity index (χ3n) is 5.55. The van der Waals surface area contributed by atoms with Crippen LogP contribution in [0.1, 0.15) is 60.3 Å². The van der Waals surface area contributed by atoms with Crippen LogP contribution in [0.25, 0.3) is 0 Å². The zero-order valence-electron chi connectivity index (χ0n) is 14.0. The lowest BCUT2D eigenvalue weighted by molar-refractivity contribution is 0.0128. The van der Waals surface area contributed by atoms with Crippen molar-refractivity contribution in [3.63, 3.8) is 0 Å². The fraction of sp³-hybridized carbons (Fsp3) is 1.00. The van der Waals surface area contributed by atoms with Crippen LogP contribution in [0, 0.1) is 0 Å². The molecule has 1 unspecified atom stereocenters. The molecule has 0 radical (unpaired) electrons. The number of likely N-dealkylation sites (tertiary alicyclic amines) is 1. The summed E-state index contributed by atoms with van der Waals surface area (Å²) in [6.45, 7) is 14.7. The van der Waals surface area contributed by atoms with E-state index in [1.165, 1.54) is 38.8 Å². The van der Waals surface area contributed by atoms with Gasteiger partial charge in [-0.3, -0.25) is 4.90 Å². The highest BCUT2D eigenvalue weighted by Crippen LogP contribution is 2.34. The summed E-state index contributed by atoms with van der Waals surface area (Å²) in [4.78, 5) is 5.17. The zero-order chi connectivity index (χ0) is 14.7. The normalized spacial score (nSPS) is 27.0. The second kappa shape index (κ2) is 6.55. The van der Waals surface area contributed by atoms with Crippen LogP contribution in [0.4, 0.5) is 0 Å². The van der Waals surface area contributed by atoms with E-state index in [-0.39, 0.29) is 11.1 Å². The van der Waals surface area contributed by atoms with E-state index >= 15 is 0 Å². The predicted molar refractivity (Wildman–Crippen MR) is 84.5 cm³/mol. The first-order valence-electron chi connectivity index (χ1n) is 7.97. The van der Waals surface area contributed by atoms with Crippen molar-refractivity contribution < 1.29 is 0 Å². The Morgan fingerprint density at radius 1 is 1.26 bits per heavy atom. The molecule has 19 heavy (non-hydrogen) atoms. The molecular formula is C16H35N3. The molecule has 0 aliphatic carbocycles. The van der Waals surface area contributed by atoms with Crippen molar-refractivity contribution in [2.75, 3.05) is 26.7 Å². The summed E-state index contributed by atoms with van der Waals surface area (Å²) in [5.41, 5.74) is 6.63. The van der Waals surface area contributed by atoms with Gasteiger partial charge in [0.05, 0.1) is 0 Å². The molecule has 114 valence electrons. The summed E-state index contributed by atoms with van der Waals surface area (Å²) in [6, 6.07) is 0.651. The van der Waals surface area contributed by atoms with E-state index in [9.17, 15) is 0 Å². The second-order valence-electron chi connectivity index (χ2n) is 7.14. The van der Waals surface area contributed by atoms with Crippen molar-refractivity contribution in [1.29, 1.82) is 0 Å². The van der Waals surface area contributed by atoms with E-state index in [1.54, 1.807) is 0 Å². The number of rotatable bonds is 5. The summed E-state index contributed by atoms with van der Waals surface area (Å²) in [5, 5.41) is 0. The van der Waals surface area contributed by atoms with Gasteiger partial charge in [-0.2, -0.15) is 0 Å². The molecule has 1 fully saturated rings.